The number of anilines is 1. The van der Waals surface area contributed by atoms with Crippen molar-refractivity contribution in [2.45, 2.75) is 19.0 Å². The molecule has 0 bridgehead atoms. The van der Waals surface area contributed by atoms with Gasteiger partial charge in [-0.1, -0.05) is 42.5 Å². The first-order chi connectivity index (χ1) is 20.1. The molecule has 1 aliphatic rings. The molecular weight excluding hydrogens is 518 g/mol. The summed E-state index contributed by atoms with van der Waals surface area (Å²) in [4.78, 5) is 21.3. The smallest absolute Gasteiger partial charge is 0.253 e. The maximum atomic E-state index is 13.6. The second-order valence-corrected chi connectivity index (χ2v) is 10.1. The molecule has 210 valence electrons. The molecule has 10 heteroatoms. The molecule has 1 fully saturated rings. The van der Waals surface area contributed by atoms with Crippen molar-refractivity contribution in [3.63, 3.8) is 0 Å². The summed E-state index contributed by atoms with van der Waals surface area (Å²) in [7, 11) is 3.33. The van der Waals surface area contributed by atoms with E-state index in [1.165, 1.54) is 5.56 Å². The number of ether oxygens (including phenoxy) is 2. The minimum absolute atomic E-state index is 0.155. The van der Waals surface area contributed by atoms with Crippen molar-refractivity contribution in [1.82, 2.24) is 30.1 Å². The molecule has 1 saturated heterocycles. The number of nitrogens with zero attached hydrogens (tertiary/aromatic N) is 6. The van der Waals surface area contributed by atoms with Crippen molar-refractivity contribution in [3.8, 4) is 11.5 Å². The Bertz CT molecular complexity index is 1680. The SMILES string of the molecule is COc1ccc2[nH]c(=O)c(C(c3nnnn3CCc3ccccc3)N3CCN(c4ccccc4OC)CC3)cc2c1. The Morgan fingerprint density at radius 3 is 2.46 bits per heavy atom. The molecule has 5 aromatic rings. The summed E-state index contributed by atoms with van der Waals surface area (Å²) < 4.78 is 12.9. The van der Waals surface area contributed by atoms with Crippen LogP contribution in [0.4, 0.5) is 5.69 Å². The summed E-state index contributed by atoms with van der Waals surface area (Å²) in [5, 5.41) is 13.8. The number of fused-ring (bicyclic) bond motifs is 1. The average Bonchev–Trinajstić information content (AvgIpc) is 3.49. The number of rotatable bonds is 9. The van der Waals surface area contributed by atoms with E-state index in [1.807, 2.05) is 65.3 Å². The number of H-pyrrole nitrogens is 1. The lowest BCUT2D eigenvalue weighted by molar-refractivity contribution is 0.199. The lowest BCUT2D eigenvalue weighted by Crippen LogP contribution is -2.49. The molecule has 10 nitrogen and oxygen atoms in total. The predicted molar refractivity (Wildman–Crippen MR) is 158 cm³/mol. The van der Waals surface area contributed by atoms with Crippen molar-refractivity contribution in [1.29, 1.82) is 0 Å². The minimum atomic E-state index is -0.431. The third-order valence-corrected chi connectivity index (χ3v) is 7.74. The van der Waals surface area contributed by atoms with Crippen molar-refractivity contribution >= 4 is 16.6 Å². The number of methoxy groups -OCH3 is 2. The highest BCUT2D eigenvalue weighted by Crippen LogP contribution is 2.32. The molecule has 6 rings (SSSR count). The summed E-state index contributed by atoms with van der Waals surface area (Å²) in [6, 6.07) is 25.5. The van der Waals surface area contributed by atoms with E-state index >= 15 is 0 Å². The van der Waals surface area contributed by atoms with Crippen LogP contribution in [0, 0.1) is 0 Å². The number of para-hydroxylation sites is 2. The highest BCUT2D eigenvalue weighted by molar-refractivity contribution is 5.80. The Kier molecular flexibility index (Phi) is 7.64. The van der Waals surface area contributed by atoms with Gasteiger partial charge in [-0.15, -0.1) is 5.10 Å². The molecule has 0 radical (unpaired) electrons. The maximum absolute atomic E-state index is 13.6. The van der Waals surface area contributed by atoms with E-state index in [2.05, 4.69) is 48.5 Å². The number of hydrogen-bond donors (Lipinski definition) is 1. The van der Waals surface area contributed by atoms with Gasteiger partial charge in [-0.25, -0.2) is 4.68 Å². The fourth-order valence-electron chi connectivity index (χ4n) is 5.59. The van der Waals surface area contributed by atoms with Gasteiger partial charge in [-0.05, 0) is 58.8 Å². The quantitative estimate of drug-likeness (QED) is 0.296. The summed E-state index contributed by atoms with van der Waals surface area (Å²) >= 11 is 0. The van der Waals surface area contributed by atoms with Gasteiger partial charge in [0.2, 0.25) is 0 Å². The molecular formula is C31H33N7O3. The van der Waals surface area contributed by atoms with Crippen molar-refractivity contribution in [2.24, 2.45) is 0 Å². The van der Waals surface area contributed by atoms with Gasteiger partial charge in [-0.3, -0.25) is 9.69 Å². The summed E-state index contributed by atoms with van der Waals surface area (Å²) in [5.41, 5.74) is 3.47. The number of piperazine rings is 1. The summed E-state index contributed by atoms with van der Waals surface area (Å²) in [6.45, 7) is 3.56. The highest BCUT2D eigenvalue weighted by Gasteiger charge is 2.33. The zero-order valence-electron chi connectivity index (χ0n) is 23.2. The Morgan fingerprint density at radius 2 is 1.68 bits per heavy atom. The number of benzene rings is 3. The molecule has 1 N–H and O–H groups in total. The molecule has 0 amide bonds. The zero-order chi connectivity index (χ0) is 28.2. The first-order valence-electron chi connectivity index (χ1n) is 13.8. The van der Waals surface area contributed by atoms with Crippen LogP contribution in [0.25, 0.3) is 10.9 Å². The van der Waals surface area contributed by atoms with E-state index in [0.29, 0.717) is 31.0 Å². The topological polar surface area (TPSA) is 101 Å². The lowest BCUT2D eigenvalue weighted by Gasteiger charge is -2.40. The van der Waals surface area contributed by atoms with Crippen molar-refractivity contribution in [2.75, 3.05) is 45.3 Å². The molecule has 0 saturated carbocycles. The standard InChI is InChI=1S/C31H33N7O3/c1-40-24-12-13-26-23(20-24)21-25(31(39)32-26)29(30-33-34-35-38(30)15-14-22-8-4-3-5-9-22)37-18-16-36(17-19-37)27-10-6-7-11-28(27)41-2/h3-13,20-21,29H,14-19H2,1-2H3,(H,32,39). The van der Waals surface area contributed by atoms with E-state index in [-0.39, 0.29) is 5.56 Å². The Labute approximate surface area is 238 Å². The largest absolute Gasteiger partial charge is 0.497 e. The number of nitrogens with one attached hydrogen (secondary N) is 1. The van der Waals surface area contributed by atoms with E-state index in [4.69, 9.17) is 9.47 Å². The van der Waals surface area contributed by atoms with E-state index in [0.717, 1.165) is 47.6 Å². The number of pyridine rings is 1. The fourth-order valence-corrected chi connectivity index (χ4v) is 5.59. The van der Waals surface area contributed by atoms with E-state index in [1.54, 1.807) is 14.2 Å². The third kappa shape index (κ3) is 5.51. The van der Waals surface area contributed by atoms with Crippen LogP contribution in [0.2, 0.25) is 0 Å². The predicted octanol–water partition coefficient (Wildman–Crippen LogP) is 3.69. The van der Waals surface area contributed by atoms with Gasteiger partial charge in [0.15, 0.2) is 5.82 Å². The second kappa shape index (κ2) is 11.8. The van der Waals surface area contributed by atoms with E-state index < -0.39 is 6.04 Å². The Morgan fingerprint density at radius 1 is 0.902 bits per heavy atom. The minimum Gasteiger partial charge on any atom is -0.497 e. The van der Waals surface area contributed by atoms with Gasteiger partial charge in [0, 0.05) is 49.2 Å². The highest BCUT2D eigenvalue weighted by atomic mass is 16.5. The van der Waals surface area contributed by atoms with Crippen LogP contribution in [-0.4, -0.2) is 70.5 Å². The molecule has 0 aliphatic carbocycles. The number of aromatic amines is 1. The Balaban J connectivity index is 1.36. The monoisotopic (exact) mass is 551 g/mol. The van der Waals surface area contributed by atoms with Crippen molar-refractivity contribution < 1.29 is 9.47 Å². The first-order valence-corrected chi connectivity index (χ1v) is 13.8. The fraction of sp³-hybridized carbons (Fsp3) is 0.290. The van der Waals surface area contributed by atoms with Gasteiger partial charge >= 0.3 is 0 Å². The molecule has 1 unspecified atom stereocenters. The van der Waals surface area contributed by atoms with Gasteiger partial charge in [0.05, 0.1) is 19.9 Å². The first kappa shape index (κ1) is 26.5. The van der Waals surface area contributed by atoms with E-state index in [9.17, 15) is 4.79 Å². The third-order valence-electron chi connectivity index (χ3n) is 7.74. The Hall–Kier alpha value is -4.70. The van der Waals surface area contributed by atoms with Gasteiger partial charge in [0.25, 0.3) is 5.56 Å². The average molecular weight is 552 g/mol. The van der Waals surface area contributed by atoms with Gasteiger partial charge in [-0.2, -0.15) is 0 Å². The van der Waals surface area contributed by atoms with Crippen LogP contribution in [-0.2, 0) is 13.0 Å². The van der Waals surface area contributed by atoms with Crippen LogP contribution in [0.3, 0.4) is 0 Å². The number of aryl methyl sites for hydroxylation is 2. The van der Waals surface area contributed by atoms with Crippen LogP contribution in [0.1, 0.15) is 23.0 Å². The molecule has 41 heavy (non-hydrogen) atoms. The zero-order valence-corrected chi connectivity index (χ0v) is 23.2. The number of hydrogen-bond acceptors (Lipinski definition) is 8. The number of aromatic nitrogens is 5. The summed E-state index contributed by atoms with van der Waals surface area (Å²) in [5.74, 6) is 2.23. The van der Waals surface area contributed by atoms with Crippen molar-refractivity contribution in [3.05, 3.63) is 106 Å². The van der Waals surface area contributed by atoms with Gasteiger partial charge in [0.1, 0.15) is 17.5 Å². The second-order valence-electron chi connectivity index (χ2n) is 10.1. The summed E-state index contributed by atoms with van der Waals surface area (Å²) in [6.07, 6.45) is 0.776. The lowest BCUT2D eigenvalue weighted by atomic mass is 10.0. The van der Waals surface area contributed by atoms with Gasteiger partial charge < -0.3 is 19.4 Å². The number of tetrazole rings is 1. The normalized spacial score (nSPS) is 14.7. The van der Waals surface area contributed by atoms with Crippen LogP contribution < -0.4 is 19.9 Å². The van der Waals surface area contributed by atoms with Crippen LogP contribution in [0.5, 0.6) is 11.5 Å². The molecule has 1 aliphatic heterocycles. The molecule has 2 aromatic heterocycles. The van der Waals surface area contributed by atoms with Crippen LogP contribution >= 0.6 is 0 Å². The maximum Gasteiger partial charge on any atom is 0.253 e. The molecule has 3 heterocycles. The molecule has 0 spiro atoms. The molecule has 1 atom stereocenters. The molecule has 3 aromatic carbocycles. The van der Waals surface area contributed by atoms with Crippen LogP contribution in [0.15, 0.2) is 83.7 Å².